The number of nitrogens with one attached hydrogen (secondary N) is 1. The van der Waals surface area contributed by atoms with Gasteiger partial charge in [0.25, 0.3) is 5.91 Å². The minimum absolute atomic E-state index is 0.0440. The fourth-order valence-corrected chi connectivity index (χ4v) is 3.55. The fraction of sp³-hybridized carbons (Fsp3) is 0.333. The Labute approximate surface area is 162 Å². The van der Waals surface area contributed by atoms with Crippen molar-refractivity contribution in [2.45, 2.75) is 39.2 Å². The maximum Gasteiger partial charge on any atom is 0.251 e. The predicted molar refractivity (Wildman–Crippen MR) is 108 cm³/mol. The van der Waals surface area contributed by atoms with Crippen LogP contribution in [0.4, 0.5) is 5.69 Å². The molecule has 1 heterocycles. The summed E-state index contributed by atoms with van der Waals surface area (Å²) in [7, 11) is 0. The molecule has 1 atom stereocenters. The molecule has 2 aromatic carbocycles. The van der Waals surface area contributed by atoms with Gasteiger partial charge in [0, 0.05) is 35.2 Å². The SMILES string of the molecule is CC(=O)N1CCc2cc(C(=O)NC(C)CCc3ccc(Br)cc3)ccc21. The Balaban J connectivity index is 1.58. The number of rotatable bonds is 5. The number of fused-ring (bicyclic) bond motifs is 1. The lowest BCUT2D eigenvalue weighted by Gasteiger charge is -2.16. The van der Waals surface area contributed by atoms with Gasteiger partial charge in [-0.2, -0.15) is 0 Å². The summed E-state index contributed by atoms with van der Waals surface area (Å²) < 4.78 is 1.07. The molecule has 3 rings (SSSR count). The Hall–Kier alpha value is -2.14. The number of anilines is 1. The van der Waals surface area contributed by atoms with Crippen molar-refractivity contribution in [1.82, 2.24) is 5.32 Å². The summed E-state index contributed by atoms with van der Waals surface area (Å²) >= 11 is 3.44. The zero-order chi connectivity index (χ0) is 18.7. The van der Waals surface area contributed by atoms with E-state index in [9.17, 15) is 9.59 Å². The number of hydrogen-bond acceptors (Lipinski definition) is 2. The van der Waals surface area contributed by atoms with Crippen LogP contribution in [-0.4, -0.2) is 24.4 Å². The molecule has 0 saturated heterocycles. The summed E-state index contributed by atoms with van der Waals surface area (Å²) in [5.74, 6) is -0.0140. The van der Waals surface area contributed by atoms with Crippen molar-refractivity contribution in [2.75, 3.05) is 11.4 Å². The molecule has 1 aliphatic rings. The van der Waals surface area contributed by atoms with E-state index >= 15 is 0 Å². The fourth-order valence-electron chi connectivity index (χ4n) is 3.28. The minimum Gasteiger partial charge on any atom is -0.350 e. The van der Waals surface area contributed by atoms with Crippen molar-refractivity contribution in [2.24, 2.45) is 0 Å². The molecule has 0 radical (unpaired) electrons. The first kappa shape index (κ1) is 18.6. The van der Waals surface area contributed by atoms with Crippen molar-refractivity contribution in [3.05, 3.63) is 63.6 Å². The van der Waals surface area contributed by atoms with Gasteiger partial charge in [-0.15, -0.1) is 0 Å². The van der Waals surface area contributed by atoms with Crippen molar-refractivity contribution in [3.63, 3.8) is 0 Å². The number of nitrogens with zero attached hydrogens (tertiary/aromatic N) is 1. The molecule has 0 spiro atoms. The average molecular weight is 415 g/mol. The number of halogens is 1. The van der Waals surface area contributed by atoms with Crippen LogP contribution >= 0.6 is 15.9 Å². The highest BCUT2D eigenvalue weighted by molar-refractivity contribution is 9.10. The topological polar surface area (TPSA) is 49.4 Å². The van der Waals surface area contributed by atoms with Crippen molar-refractivity contribution in [1.29, 1.82) is 0 Å². The monoisotopic (exact) mass is 414 g/mol. The second-order valence-corrected chi connectivity index (χ2v) is 7.72. The maximum atomic E-state index is 12.5. The first-order chi connectivity index (χ1) is 12.4. The third-order valence-corrected chi connectivity index (χ3v) is 5.30. The van der Waals surface area contributed by atoms with E-state index in [0.29, 0.717) is 12.1 Å². The Morgan fingerprint density at radius 2 is 1.92 bits per heavy atom. The van der Waals surface area contributed by atoms with Crippen LogP contribution in [0, 0.1) is 0 Å². The van der Waals surface area contributed by atoms with Crippen molar-refractivity contribution >= 4 is 33.4 Å². The average Bonchev–Trinajstić information content (AvgIpc) is 3.04. The zero-order valence-electron chi connectivity index (χ0n) is 15.1. The summed E-state index contributed by atoms with van der Waals surface area (Å²) in [6.07, 6.45) is 2.61. The third-order valence-electron chi connectivity index (χ3n) is 4.77. The van der Waals surface area contributed by atoms with Crippen LogP contribution in [0.3, 0.4) is 0 Å². The summed E-state index contributed by atoms with van der Waals surface area (Å²) in [6.45, 7) is 4.30. The molecular weight excluding hydrogens is 392 g/mol. The number of benzene rings is 2. The molecule has 1 unspecified atom stereocenters. The lowest BCUT2D eigenvalue weighted by Crippen LogP contribution is -2.33. The Morgan fingerprint density at radius 1 is 1.19 bits per heavy atom. The minimum atomic E-state index is -0.0580. The third kappa shape index (κ3) is 4.33. The largest absolute Gasteiger partial charge is 0.350 e. The second kappa shape index (κ2) is 8.04. The molecule has 0 saturated carbocycles. The number of amides is 2. The molecule has 2 aromatic rings. The molecular formula is C21H23BrN2O2. The van der Waals surface area contributed by atoms with Gasteiger partial charge in [-0.25, -0.2) is 0 Å². The molecule has 136 valence electrons. The zero-order valence-corrected chi connectivity index (χ0v) is 16.7. The van der Waals surface area contributed by atoms with Gasteiger partial charge in [0.15, 0.2) is 0 Å². The predicted octanol–water partition coefficient (Wildman–Crippen LogP) is 4.11. The molecule has 1 N–H and O–H groups in total. The van der Waals surface area contributed by atoms with Crippen LogP contribution in [-0.2, 0) is 17.6 Å². The van der Waals surface area contributed by atoms with E-state index in [4.69, 9.17) is 0 Å². The van der Waals surface area contributed by atoms with Crippen LogP contribution in [0.2, 0.25) is 0 Å². The highest BCUT2D eigenvalue weighted by Crippen LogP contribution is 2.28. The maximum absolute atomic E-state index is 12.5. The first-order valence-corrected chi connectivity index (χ1v) is 9.69. The quantitative estimate of drug-likeness (QED) is 0.799. The lowest BCUT2D eigenvalue weighted by molar-refractivity contribution is -0.116. The molecule has 26 heavy (non-hydrogen) atoms. The normalized spacial score (nSPS) is 14.0. The number of carbonyl (C=O) groups is 2. The van der Waals surface area contributed by atoms with Crippen LogP contribution < -0.4 is 10.2 Å². The van der Waals surface area contributed by atoms with Gasteiger partial charge in [-0.1, -0.05) is 28.1 Å². The van der Waals surface area contributed by atoms with Gasteiger partial charge >= 0.3 is 0 Å². The van der Waals surface area contributed by atoms with E-state index in [1.165, 1.54) is 5.56 Å². The standard InChI is InChI=1S/C21H23BrN2O2/c1-14(3-4-16-5-8-19(22)9-6-16)23-21(26)18-7-10-20-17(13-18)11-12-24(20)15(2)25/h5-10,13-14H,3-4,11-12H2,1-2H3,(H,23,26). The van der Waals surface area contributed by atoms with Gasteiger partial charge in [0.05, 0.1) is 0 Å². The number of carbonyl (C=O) groups excluding carboxylic acids is 2. The van der Waals surface area contributed by atoms with Crippen LogP contribution in [0.15, 0.2) is 46.9 Å². The van der Waals surface area contributed by atoms with Crippen molar-refractivity contribution < 1.29 is 9.59 Å². The smallest absolute Gasteiger partial charge is 0.251 e. The van der Waals surface area contributed by atoms with Crippen molar-refractivity contribution in [3.8, 4) is 0 Å². The molecule has 0 aliphatic carbocycles. The van der Waals surface area contributed by atoms with Gasteiger partial charge in [0.2, 0.25) is 5.91 Å². The van der Waals surface area contributed by atoms with E-state index in [-0.39, 0.29) is 17.9 Å². The van der Waals surface area contributed by atoms with Gasteiger partial charge < -0.3 is 10.2 Å². The van der Waals surface area contributed by atoms with E-state index in [1.54, 1.807) is 17.9 Å². The van der Waals surface area contributed by atoms with Gasteiger partial charge in [0.1, 0.15) is 0 Å². The molecule has 0 aromatic heterocycles. The Kier molecular flexibility index (Phi) is 5.77. The van der Waals surface area contributed by atoms with Crippen LogP contribution in [0.1, 0.15) is 41.8 Å². The van der Waals surface area contributed by atoms with E-state index in [2.05, 4.69) is 33.4 Å². The van der Waals surface area contributed by atoms with Crippen LogP contribution in [0.25, 0.3) is 0 Å². The second-order valence-electron chi connectivity index (χ2n) is 6.80. The Bertz CT molecular complexity index is 817. The van der Waals surface area contributed by atoms with E-state index < -0.39 is 0 Å². The Morgan fingerprint density at radius 3 is 2.62 bits per heavy atom. The van der Waals surface area contributed by atoms with Gasteiger partial charge in [-0.05, 0) is 67.6 Å². The van der Waals surface area contributed by atoms with E-state index in [0.717, 1.165) is 35.0 Å². The van der Waals surface area contributed by atoms with Gasteiger partial charge in [-0.3, -0.25) is 9.59 Å². The number of hydrogen-bond donors (Lipinski definition) is 1. The summed E-state index contributed by atoms with van der Waals surface area (Å²) in [5, 5.41) is 3.07. The summed E-state index contributed by atoms with van der Waals surface area (Å²) in [6, 6.07) is 13.9. The molecule has 1 aliphatic heterocycles. The van der Waals surface area contributed by atoms with E-state index in [1.807, 2.05) is 31.2 Å². The lowest BCUT2D eigenvalue weighted by atomic mass is 10.0. The molecule has 2 amide bonds. The van der Waals surface area contributed by atoms with Crippen LogP contribution in [0.5, 0.6) is 0 Å². The summed E-state index contributed by atoms with van der Waals surface area (Å²) in [5.41, 5.74) is 3.91. The highest BCUT2D eigenvalue weighted by Gasteiger charge is 2.23. The highest BCUT2D eigenvalue weighted by atomic mass is 79.9. The molecule has 5 heteroatoms. The first-order valence-electron chi connectivity index (χ1n) is 8.90. The molecule has 4 nitrogen and oxygen atoms in total. The molecule has 0 bridgehead atoms. The number of aryl methyl sites for hydroxylation is 1. The summed E-state index contributed by atoms with van der Waals surface area (Å²) in [4.78, 5) is 25.9. The molecule has 0 fully saturated rings.